The Hall–Kier alpha value is -3.35. The highest BCUT2D eigenvalue weighted by Gasteiger charge is 2.24. The first-order chi connectivity index (χ1) is 14.4. The molecule has 3 aromatic rings. The van der Waals surface area contributed by atoms with E-state index in [9.17, 15) is 0 Å². The van der Waals surface area contributed by atoms with Crippen molar-refractivity contribution in [3.05, 3.63) is 42.0 Å². The summed E-state index contributed by atoms with van der Waals surface area (Å²) in [6, 6.07) is 12.0. The van der Waals surface area contributed by atoms with E-state index in [4.69, 9.17) is 24.0 Å². The van der Waals surface area contributed by atoms with Crippen LogP contribution in [-0.4, -0.2) is 36.3 Å². The number of hydrogen-bond acceptors (Lipinski definition) is 6. The molecule has 0 saturated heterocycles. The molecule has 7 heteroatoms. The summed E-state index contributed by atoms with van der Waals surface area (Å²) in [5.74, 6) is 4.14. The van der Waals surface area contributed by atoms with Crippen LogP contribution in [0, 0.1) is 0 Å². The Kier molecular flexibility index (Phi) is 3.78. The molecular weight excluding hydrogens is 370 g/mol. The number of fused-ring (bicyclic) bond motifs is 3. The third-order valence-corrected chi connectivity index (χ3v) is 5.55. The highest BCUT2D eigenvalue weighted by Crippen LogP contribution is 2.40. The first kappa shape index (κ1) is 16.6. The molecule has 3 aliphatic heterocycles. The Morgan fingerprint density at radius 1 is 0.828 bits per heavy atom. The fourth-order valence-corrected chi connectivity index (χ4v) is 4.13. The molecule has 1 aromatic heterocycles. The molecule has 6 rings (SSSR count). The van der Waals surface area contributed by atoms with Crippen LogP contribution in [0.25, 0.3) is 16.9 Å². The predicted octanol–water partition coefficient (Wildman–Crippen LogP) is 3.79. The fraction of sp³-hybridized carbons (Fsp3) is 0.318. The minimum Gasteiger partial charge on any atom is -0.486 e. The van der Waals surface area contributed by atoms with Crippen molar-refractivity contribution >= 4 is 5.82 Å². The Morgan fingerprint density at radius 3 is 2.59 bits per heavy atom. The van der Waals surface area contributed by atoms with Crippen LogP contribution in [0.2, 0.25) is 0 Å². The smallest absolute Gasteiger partial charge is 0.231 e. The maximum Gasteiger partial charge on any atom is 0.231 e. The summed E-state index contributed by atoms with van der Waals surface area (Å²) in [6.07, 6.45) is 3.25. The van der Waals surface area contributed by atoms with E-state index in [1.807, 2.05) is 35.0 Å². The Bertz CT molecular complexity index is 1090. The zero-order valence-corrected chi connectivity index (χ0v) is 15.9. The largest absolute Gasteiger partial charge is 0.486 e. The summed E-state index contributed by atoms with van der Waals surface area (Å²) < 4.78 is 24.5. The SMILES string of the molecule is c1cc2c(cc1-c1nn(-c3ccc4c(c3)OCCO4)c3c1CCCCN3)OCO2. The van der Waals surface area contributed by atoms with Crippen LogP contribution < -0.4 is 24.3 Å². The van der Waals surface area contributed by atoms with Gasteiger partial charge in [-0.25, -0.2) is 4.68 Å². The minimum absolute atomic E-state index is 0.268. The highest BCUT2D eigenvalue weighted by atomic mass is 16.7. The van der Waals surface area contributed by atoms with Crippen molar-refractivity contribution in [2.24, 2.45) is 0 Å². The van der Waals surface area contributed by atoms with E-state index >= 15 is 0 Å². The van der Waals surface area contributed by atoms with Gasteiger partial charge < -0.3 is 24.3 Å². The number of nitrogens with one attached hydrogen (secondary N) is 1. The predicted molar refractivity (Wildman–Crippen MR) is 108 cm³/mol. The molecule has 0 fully saturated rings. The van der Waals surface area contributed by atoms with E-state index in [0.29, 0.717) is 13.2 Å². The zero-order chi connectivity index (χ0) is 19.2. The summed E-state index contributed by atoms with van der Waals surface area (Å²) in [6.45, 7) is 2.35. The van der Waals surface area contributed by atoms with Crippen molar-refractivity contribution < 1.29 is 18.9 Å². The van der Waals surface area contributed by atoms with Gasteiger partial charge >= 0.3 is 0 Å². The van der Waals surface area contributed by atoms with Gasteiger partial charge in [-0.3, -0.25) is 0 Å². The van der Waals surface area contributed by atoms with Crippen LogP contribution in [0.15, 0.2) is 36.4 Å². The molecule has 0 atom stereocenters. The van der Waals surface area contributed by atoms with Gasteiger partial charge in [0, 0.05) is 23.7 Å². The molecule has 0 unspecified atom stereocenters. The van der Waals surface area contributed by atoms with E-state index in [-0.39, 0.29) is 6.79 Å². The average Bonchev–Trinajstić information content (AvgIpc) is 3.30. The molecule has 4 heterocycles. The van der Waals surface area contributed by atoms with Gasteiger partial charge in [0.2, 0.25) is 6.79 Å². The quantitative estimate of drug-likeness (QED) is 0.717. The van der Waals surface area contributed by atoms with Gasteiger partial charge in [0.15, 0.2) is 23.0 Å². The number of hydrogen-bond donors (Lipinski definition) is 1. The molecule has 0 spiro atoms. The lowest BCUT2D eigenvalue weighted by atomic mass is 10.0. The zero-order valence-electron chi connectivity index (χ0n) is 15.9. The van der Waals surface area contributed by atoms with E-state index in [0.717, 1.165) is 71.6 Å². The summed E-state index contributed by atoms with van der Waals surface area (Å²) in [4.78, 5) is 0. The number of benzene rings is 2. The van der Waals surface area contributed by atoms with Gasteiger partial charge in [-0.2, -0.15) is 5.10 Å². The van der Waals surface area contributed by atoms with E-state index < -0.39 is 0 Å². The van der Waals surface area contributed by atoms with Gasteiger partial charge in [0.25, 0.3) is 0 Å². The lowest BCUT2D eigenvalue weighted by molar-refractivity contribution is 0.171. The van der Waals surface area contributed by atoms with Gasteiger partial charge in [-0.15, -0.1) is 0 Å². The molecule has 0 saturated carbocycles. The number of nitrogens with zero attached hydrogens (tertiary/aromatic N) is 2. The summed E-state index contributed by atoms with van der Waals surface area (Å²) in [5, 5.41) is 8.60. The molecule has 0 bridgehead atoms. The van der Waals surface area contributed by atoms with Gasteiger partial charge in [0.1, 0.15) is 19.0 Å². The summed E-state index contributed by atoms with van der Waals surface area (Å²) in [7, 11) is 0. The molecule has 0 radical (unpaired) electrons. The molecule has 0 amide bonds. The maximum atomic E-state index is 5.78. The number of aromatic nitrogens is 2. The van der Waals surface area contributed by atoms with Crippen molar-refractivity contribution in [3.8, 4) is 39.9 Å². The second kappa shape index (κ2) is 6.62. The third-order valence-electron chi connectivity index (χ3n) is 5.55. The molecular formula is C22H21N3O4. The van der Waals surface area contributed by atoms with Crippen molar-refractivity contribution in [3.63, 3.8) is 0 Å². The van der Waals surface area contributed by atoms with Crippen LogP contribution in [0.5, 0.6) is 23.0 Å². The Labute approximate surface area is 168 Å². The molecule has 3 aliphatic rings. The second-order valence-electron chi connectivity index (χ2n) is 7.37. The Balaban J connectivity index is 1.49. The van der Waals surface area contributed by atoms with E-state index in [1.165, 1.54) is 5.56 Å². The molecule has 1 N–H and O–H groups in total. The van der Waals surface area contributed by atoms with Crippen LogP contribution in [0.3, 0.4) is 0 Å². The summed E-state index contributed by atoms with van der Waals surface area (Å²) in [5.41, 5.74) is 4.19. The monoisotopic (exact) mass is 391 g/mol. The van der Waals surface area contributed by atoms with Gasteiger partial charge in [0.05, 0.1) is 11.4 Å². The first-order valence-electron chi connectivity index (χ1n) is 10.0. The van der Waals surface area contributed by atoms with Crippen LogP contribution in [-0.2, 0) is 6.42 Å². The van der Waals surface area contributed by atoms with Crippen molar-refractivity contribution in [2.75, 3.05) is 31.9 Å². The molecule has 0 aliphatic carbocycles. The highest BCUT2D eigenvalue weighted by molar-refractivity contribution is 5.73. The first-order valence-corrected chi connectivity index (χ1v) is 10.0. The molecule has 7 nitrogen and oxygen atoms in total. The van der Waals surface area contributed by atoms with Crippen molar-refractivity contribution in [1.82, 2.24) is 9.78 Å². The van der Waals surface area contributed by atoms with Crippen molar-refractivity contribution in [2.45, 2.75) is 19.3 Å². The van der Waals surface area contributed by atoms with E-state index in [2.05, 4.69) is 11.4 Å². The standard InChI is InChI=1S/C22H21N3O4/c1-2-8-23-22-16(3-1)21(14-4-6-18-19(11-14)29-13-28-18)24-25(22)15-5-7-17-20(12-15)27-10-9-26-17/h4-7,11-12,23H,1-3,8-10,13H2. The second-order valence-corrected chi connectivity index (χ2v) is 7.37. The molecule has 29 heavy (non-hydrogen) atoms. The average molecular weight is 391 g/mol. The number of anilines is 1. The minimum atomic E-state index is 0.268. The third kappa shape index (κ3) is 2.76. The topological polar surface area (TPSA) is 66.8 Å². The van der Waals surface area contributed by atoms with Crippen LogP contribution in [0.1, 0.15) is 18.4 Å². The van der Waals surface area contributed by atoms with E-state index in [1.54, 1.807) is 0 Å². The van der Waals surface area contributed by atoms with Crippen molar-refractivity contribution in [1.29, 1.82) is 0 Å². The normalized spacial score (nSPS) is 16.7. The summed E-state index contributed by atoms with van der Waals surface area (Å²) >= 11 is 0. The Morgan fingerprint density at radius 2 is 1.62 bits per heavy atom. The lowest BCUT2D eigenvalue weighted by Crippen LogP contribution is -2.15. The number of ether oxygens (including phenoxy) is 4. The van der Waals surface area contributed by atoms with Crippen LogP contribution >= 0.6 is 0 Å². The van der Waals surface area contributed by atoms with Gasteiger partial charge in [-0.05, 0) is 49.6 Å². The maximum absolute atomic E-state index is 5.78. The molecule has 2 aromatic carbocycles. The van der Waals surface area contributed by atoms with Gasteiger partial charge in [-0.1, -0.05) is 0 Å². The van der Waals surface area contributed by atoms with Crippen LogP contribution in [0.4, 0.5) is 5.82 Å². The fourth-order valence-electron chi connectivity index (χ4n) is 4.13. The molecule has 148 valence electrons. The number of rotatable bonds is 2. The lowest BCUT2D eigenvalue weighted by Gasteiger charge is -2.19.